The first kappa shape index (κ1) is 13.6. The summed E-state index contributed by atoms with van der Waals surface area (Å²) in [7, 11) is 0. The van der Waals surface area contributed by atoms with Crippen molar-refractivity contribution in [2.75, 3.05) is 13.1 Å². The standard InChI is InChI=1S/C16H26N2/c1-4-13-5-7-14(8-6-13)11-18-10-9-15(17)16(2,3)12-18/h5-8,15H,4,9-12,17H2,1-3H3. The van der Waals surface area contributed by atoms with Crippen molar-refractivity contribution in [3.8, 4) is 0 Å². The lowest BCUT2D eigenvalue weighted by molar-refractivity contribution is 0.0899. The Balaban J connectivity index is 1.97. The van der Waals surface area contributed by atoms with Crippen molar-refractivity contribution in [1.82, 2.24) is 4.90 Å². The quantitative estimate of drug-likeness (QED) is 0.888. The summed E-state index contributed by atoms with van der Waals surface area (Å²) < 4.78 is 0. The largest absolute Gasteiger partial charge is 0.327 e. The predicted octanol–water partition coefficient (Wildman–Crippen LogP) is 2.81. The molecule has 1 unspecified atom stereocenters. The van der Waals surface area contributed by atoms with Crippen LogP contribution in [0.3, 0.4) is 0 Å². The lowest BCUT2D eigenvalue weighted by atomic mass is 9.79. The number of likely N-dealkylation sites (tertiary alicyclic amines) is 1. The number of hydrogen-bond acceptors (Lipinski definition) is 2. The van der Waals surface area contributed by atoms with Crippen LogP contribution in [-0.2, 0) is 13.0 Å². The van der Waals surface area contributed by atoms with E-state index in [1.807, 2.05) is 0 Å². The van der Waals surface area contributed by atoms with Crippen molar-refractivity contribution < 1.29 is 0 Å². The summed E-state index contributed by atoms with van der Waals surface area (Å²) in [4.78, 5) is 2.53. The van der Waals surface area contributed by atoms with Crippen LogP contribution in [0.25, 0.3) is 0 Å². The van der Waals surface area contributed by atoms with Crippen molar-refractivity contribution in [1.29, 1.82) is 0 Å². The number of benzene rings is 1. The van der Waals surface area contributed by atoms with Gasteiger partial charge in [0.05, 0.1) is 0 Å². The van der Waals surface area contributed by atoms with E-state index in [1.165, 1.54) is 11.1 Å². The van der Waals surface area contributed by atoms with Gasteiger partial charge in [-0.2, -0.15) is 0 Å². The molecule has 0 radical (unpaired) electrons. The maximum atomic E-state index is 6.18. The van der Waals surface area contributed by atoms with Gasteiger partial charge in [-0.1, -0.05) is 45.0 Å². The molecule has 1 saturated heterocycles. The normalized spacial score (nSPS) is 24.1. The van der Waals surface area contributed by atoms with Gasteiger partial charge in [-0.25, -0.2) is 0 Å². The fraction of sp³-hybridized carbons (Fsp3) is 0.625. The highest BCUT2D eigenvalue weighted by Crippen LogP contribution is 2.28. The highest BCUT2D eigenvalue weighted by Gasteiger charge is 2.33. The van der Waals surface area contributed by atoms with E-state index in [0.717, 1.165) is 32.5 Å². The Morgan fingerprint density at radius 2 is 1.83 bits per heavy atom. The third-order valence-electron chi connectivity index (χ3n) is 4.23. The van der Waals surface area contributed by atoms with Crippen molar-refractivity contribution in [2.45, 2.75) is 46.2 Å². The first-order valence-electron chi connectivity index (χ1n) is 7.07. The van der Waals surface area contributed by atoms with Gasteiger partial charge in [0.1, 0.15) is 0 Å². The molecule has 2 heteroatoms. The molecular formula is C16H26N2. The number of nitrogens with zero attached hydrogens (tertiary/aromatic N) is 1. The fourth-order valence-electron chi connectivity index (χ4n) is 2.76. The molecule has 2 nitrogen and oxygen atoms in total. The molecule has 0 bridgehead atoms. The summed E-state index contributed by atoms with van der Waals surface area (Å²) in [6.45, 7) is 10.0. The van der Waals surface area contributed by atoms with Gasteiger partial charge in [-0.05, 0) is 29.4 Å². The van der Waals surface area contributed by atoms with Crippen molar-refractivity contribution >= 4 is 0 Å². The number of aryl methyl sites for hydroxylation is 1. The van der Waals surface area contributed by atoms with Gasteiger partial charge < -0.3 is 5.73 Å². The molecule has 100 valence electrons. The molecule has 0 spiro atoms. The molecule has 2 N–H and O–H groups in total. The van der Waals surface area contributed by atoms with Crippen molar-refractivity contribution in [3.63, 3.8) is 0 Å². The van der Waals surface area contributed by atoms with Gasteiger partial charge in [-0.15, -0.1) is 0 Å². The second-order valence-electron chi connectivity index (χ2n) is 6.26. The molecular weight excluding hydrogens is 220 g/mol. The zero-order valence-electron chi connectivity index (χ0n) is 11.9. The minimum Gasteiger partial charge on any atom is -0.327 e. The van der Waals surface area contributed by atoms with E-state index in [9.17, 15) is 0 Å². The van der Waals surface area contributed by atoms with E-state index < -0.39 is 0 Å². The molecule has 0 saturated carbocycles. The molecule has 0 aliphatic carbocycles. The first-order valence-corrected chi connectivity index (χ1v) is 7.07. The highest BCUT2D eigenvalue weighted by molar-refractivity contribution is 5.22. The highest BCUT2D eigenvalue weighted by atomic mass is 15.1. The van der Waals surface area contributed by atoms with Crippen LogP contribution >= 0.6 is 0 Å². The van der Waals surface area contributed by atoms with Gasteiger partial charge in [0.25, 0.3) is 0 Å². The summed E-state index contributed by atoms with van der Waals surface area (Å²) in [6.07, 6.45) is 2.23. The van der Waals surface area contributed by atoms with Crippen LogP contribution in [0.2, 0.25) is 0 Å². The van der Waals surface area contributed by atoms with Gasteiger partial charge in [0.2, 0.25) is 0 Å². The number of piperidine rings is 1. The second-order valence-corrected chi connectivity index (χ2v) is 6.26. The molecule has 1 aliphatic rings. The molecule has 1 fully saturated rings. The van der Waals surface area contributed by atoms with Crippen LogP contribution in [0.5, 0.6) is 0 Å². The Labute approximate surface area is 111 Å². The Hall–Kier alpha value is -0.860. The smallest absolute Gasteiger partial charge is 0.0233 e. The monoisotopic (exact) mass is 246 g/mol. The Morgan fingerprint density at radius 3 is 2.39 bits per heavy atom. The third kappa shape index (κ3) is 3.12. The molecule has 1 atom stereocenters. The van der Waals surface area contributed by atoms with Gasteiger partial charge in [-0.3, -0.25) is 4.90 Å². The van der Waals surface area contributed by atoms with E-state index in [2.05, 4.69) is 49.9 Å². The molecule has 1 aromatic carbocycles. The summed E-state index contributed by atoms with van der Waals surface area (Å²) in [5.41, 5.74) is 9.25. The average Bonchev–Trinajstić information content (AvgIpc) is 2.34. The zero-order chi connectivity index (χ0) is 13.2. The van der Waals surface area contributed by atoms with Gasteiger partial charge >= 0.3 is 0 Å². The second kappa shape index (κ2) is 5.41. The maximum absolute atomic E-state index is 6.18. The van der Waals surface area contributed by atoms with Gasteiger partial charge in [0.15, 0.2) is 0 Å². The van der Waals surface area contributed by atoms with E-state index in [4.69, 9.17) is 5.73 Å². The molecule has 1 aromatic rings. The Bertz CT molecular complexity index is 381. The SMILES string of the molecule is CCc1ccc(CN2CCC(N)C(C)(C)C2)cc1. The zero-order valence-corrected chi connectivity index (χ0v) is 11.9. The van der Waals surface area contributed by atoms with Gasteiger partial charge in [0, 0.05) is 25.7 Å². The van der Waals surface area contributed by atoms with Crippen LogP contribution in [0.4, 0.5) is 0 Å². The number of hydrogen-bond donors (Lipinski definition) is 1. The minimum absolute atomic E-state index is 0.238. The minimum atomic E-state index is 0.238. The van der Waals surface area contributed by atoms with Crippen LogP contribution in [0.1, 0.15) is 38.3 Å². The topological polar surface area (TPSA) is 29.3 Å². The molecule has 1 aliphatic heterocycles. The fourth-order valence-corrected chi connectivity index (χ4v) is 2.76. The van der Waals surface area contributed by atoms with E-state index in [1.54, 1.807) is 0 Å². The number of rotatable bonds is 3. The lowest BCUT2D eigenvalue weighted by Crippen LogP contribution is -2.52. The average molecular weight is 246 g/mol. The molecule has 0 aromatic heterocycles. The lowest BCUT2D eigenvalue weighted by Gasteiger charge is -2.42. The van der Waals surface area contributed by atoms with E-state index in [0.29, 0.717) is 6.04 Å². The van der Waals surface area contributed by atoms with Crippen LogP contribution in [0.15, 0.2) is 24.3 Å². The van der Waals surface area contributed by atoms with E-state index >= 15 is 0 Å². The summed E-state index contributed by atoms with van der Waals surface area (Å²) in [6, 6.07) is 9.36. The molecule has 0 amide bonds. The van der Waals surface area contributed by atoms with Crippen molar-refractivity contribution in [3.05, 3.63) is 35.4 Å². The number of nitrogens with two attached hydrogens (primary N) is 1. The van der Waals surface area contributed by atoms with Crippen LogP contribution < -0.4 is 5.73 Å². The van der Waals surface area contributed by atoms with Crippen LogP contribution in [0, 0.1) is 5.41 Å². The van der Waals surface area contributed by atoms with Crippen LogP contribution in [-0.4, -0.2) is 24.0 Å². The van der Waals surface area contributed by atoms with E-state index in [-0.39, 0.29) is 5.41 Å². The third-order valence-corrected chi connectivity index (χ3v) is 4.23. The van der Waals surface area contributed by atoms with Crippen molar-refractivity contribution in [2.24, 2.45) is 11.1 Å². The molecule has 18 heavy (non-hydrogen) atoms. The Morgan fingerprint density at radius 1 is 1.22 bits per heavy atom. The summed E-state index contributed by atoms with van der Waals surface area (Å²) in [5.74, 6) is 0. The predicted molar refractivity (Wildman–Crippen MR) is 77.5 cm³/mol. The first-order chi connectivity index (χ1) is 8.51. The summed E-state index contributed by atoms with van der Waals surface area (Å²) in [5, 5.41) is 0. The molecule has 2 rings (SSSR count). The summed E-state index contributed by atoms with van der Waals surface area (Å²) >= 11 is 0. The molecule has 1 heterocycles. The Kier molecular flexibility index (Phi) is 4.08. The maximum Gasteiger partial charge on any atom is 0.0233 e.